The molecule has 0 bridgehead atoms. The molecule has 1 N–H and O–H groups in total. The summed E-state index contributed by atoms with van der Waals surface area (Å²) >= 11 is 0. The third-order valence-corrected chi connectivity index (χ3v) is 5.23. The first-order valence-corrected chi connectivity index (χ1v) is 8.23. The second kappa shape index (κ2) is 7.49. The van der Waals surface area contributed by atoms with Gasteiger partial charge in [-0.2, -0.15) is 0 Å². The number of likely N-dealkylation sites (tertiary alicyclic amines) is 1. The maximum absolute atomic E-state index is 3.58. The predicted octanol–water partition coefficient (Wildman–Crippen LogP) is 3.28. The monoisotopic (exact) mass is 252 g/mol. The van der Waals surface area contributed by atoms with Gasteiger partial charge in [0, 0.05) is 12.6 Å². The maximum Gasteiger partial charge on any atom is 0.0105 e. The smallest absolute Gasteiger partial charge is 0.0105 e. The SMILES string of the molecule is CCC1CCC(NC)C(CN2CCCCCC2)C1. The van der Waals surface area contributed by atoms with Crippen molar-refractivity contribution >= 4 is 0 Å². The zero-order valence-corrected chi connectivity index (χ0v) is 12.5. The van der Waals surface area contributed by atoms with Crippen LogP contribution in [0.25, 0.3) is 0 Å². The molecule has 1 aliphatic heterocycles. The first kappa shape index (κ1) is 14.3. The Labute approximate surface area is 114 Å². The molecule has 2 rings (SSSR count). The maximum atomic E-state index is 3.58. The minimum atomic E-state index is 0.774. The van der Waals surface area contributed by atoms with E-state index in [1.807, 2.05) is 0 Å². The number of rotatable bonds is 4. The second-order valence-corrected chi connectivity index (χ2v) is 6.46. The van der Waals surface area contributed by atoms with Crippen molar-refractivity contribution in [1.29, 1.82) is 0 Å². The molecule has 0 spiro atoms. The Morgan fingerprint density at radius 2 is 1.78 bits per heavy atom. The first-order chi connectivity index (χ1) is 8.83. The molecule has 0 aromatic carbocycles. The van der Waals surface area contributed by atoms with Crippen molar-refractivity contribution in [3.05, 3.63) is 0 Å². The summed E-state index contributed by atoms with van der Waals surface area (Å²) in [4.78, 5) is 2.75. The Kier molecular flexibility index (Phi) is 5.97. The lowest BCUT2D eigenvalue weighted by molar-refractivity contribution is 0.143. The van der Waals surface area contributed by atoms with Gasteiger partial charge in [-0.25, -0.2) is 0 Å². The summed E-state index contributed by atoms with van der Waals surface area (Å²) in [5.74, 6) is 1.89. The van der Waals surface area contributed by atoms with Gasteiger partial charge < -0.3 is 10.2 Å². The van der Waals surface area contributed by atoms with E-state index in [-0.39, 0.29) is 0 Å². The van der Waals surface area contributed by atoms with Gasteiger partial charge in [0.1, 0.15) is 0 Å². The molecule has 3 unspecified atom stereocenters. The van der Waals surface area contributed by atoms with Crippen LogP contribution in [0.2, 0.25) is 0 Å². The van der Waals surface area contributed by atoms with Gasteiger partial charge in [0.15, 0.2) is 0 Å². The highest BCUT2D eigenvalue weighted by Crippen LogP contribution is 2.32. The molecular weight excluding hydrogens is 220 g/mol. The Morgan fingerprint density at radius 1 is 1.06 bits per heavy atom. The Morgan fingerprint density at radius 3 is 2.39 bits per heavy atom. The molecule has 1 aliphatic carbocycles. The van der Waals surface area contributed by atoms with Crippen molar-refractivity contribution in [2.45, 2.75) is 64.3 Å². The van der Waals surface area contributed by atoms with Gasteiger partial charge in [0.2, 0.25) is 0 Å². The fourth-order valence-corrected chi connectivity index (χ4v) is 3.96. The van der Waals surface area contributed by atoms with E-state index in [0.717, 1.165) is 17.9 Å². The van der Waals surface area contributed by atoms with Crippen LogP contribution in [0.3, 0.4) is 0 Å². The molecule has 1 saturated heterocycles. The molecule has 0 radical (unpaired) electrons. The molecule has 2 fully saturated rings. The van der Waals surface area contributed by atoms with E-state index in [1.165, 1.54) is 71.0 Å². The molecule has 0 aromatic heterocycles. The summed E-state index contributed by atoms with van der Waals surface area (Å²) in [5.41, 5.74) is 0. The van der Waals surface area contributed by atoms with Crippen LogP contribution in [0.1, 0.15) is 58.3 Å². The zero-order valence-electron chi connectivity index (χ0n) is 12.5. The van der Waals surface area contributed by atoms with Crippen LogP contribution in [-0.4, -0.2) is 37.6 Å². The summed E-state index contributed by atoms with van der Waals surface area (Å²) in [6, 6.07) is 0.774. The van der Waals surface area contributed by atoms with E-state index in [4.69, 9.17) is 0 Å². The van der Waals surface area contributed by atoms with Crippen molar-refractivity contribution in [3.8, 4) is 0 Å². The number of hydrogen-bond acceptors (Lipinski definition) is 2. The minimum absolute atomic E-state index is 0.774. The van der Waals surface area contributed by atoms with E-state index >= 15 is 0 Å². The molecule has 0 aromatic rings. The van der Waals surface area contributed by atoms with E-state index < -0.39 is 0 Å². The molecule has 2 aliphatic rings. The third-order valence-electron chi connectivity index (χ3n) is 5.23. The highest BCUT2D eigenvalue weighted by molar-refractivity contribution is 4.86. The van der Waals surface area contributed by atoms with Gasteiger partial charge >= 0.3 is 0 Å². The number of nitrogens with zero attached hydrogens (tertiary/aromatic N) is 1. The van der Waals surface area contributed by atoms with E-state index in [9.17, 15) is 0 Å². The van der Waals surface area contributed by atoms with Crippen LogP contribution in [0, 0.1) is 11.8 Å². The lowest BCUT2D eigenvalue weighted by atomic mass is 9.76. The van der Waals surface area contributed by atoms with Crippen molar-refractivity contribution in [2.24, 2.45) is 11.8 Å². The van der Waals surface area contributed by atoms with E-state index in [2.05, 4.69) is 24.2 Å². The molecule has 1 heterocycles. The Bertz CT molecular complexity index is 221. The Hall–Kier alpha value is -0.0800. The normalized spacial score (nSPS) is 35.3. The van der Waals surface area contributed by atoms with Crippen LogP contribution in [-0.2, 0) is 0 Å². The minimum Gasteiger partial charge on any atom is -0.317 e. The van der Waals surface area contributed by atoms with Gasteiger partial charge in [0.05, 0.1) is 0 Å². The first-order valence-electron chi connectivity index (χ1n) is 8.23. The fourth-order valence-electron chi connectivity index (χ4n) is 3.96. The average molecular weight is 252 g/mol. The van der Waals surface area contributed by atoms with Crippen LogP contribution >= 0.6 is 0 Å². The average Bonchev–Trinajstić information content (AvgIpc) is 2.67. The standard InChI is InChI=1S/C16H32N2/c1-3-14-8-9-16(17-2)15(12-14)13-18-10-6-4-5-7-11-18/h14-17H,3-13H2,1-2H3. The molecule has 18 heavy (non-hydrogen) atoms. The van der Waals surface area contributed by atoms with Crippen molar-refractivity contribution < 1.29 is 0 Å². The van der Waals surface area contributed by atoms with E-state index in [0.29, 0.717) is 0 Å². The van der Waals surface area contributed by atoms with Gasteiger partial charge in [-0.05, 0) is 64.1 Å². The summed E-state index contributed by atoms with van der Waals surface area (Å²) in [5, 5.41) is 3.58. The van der Waals surface area contributed by atoms with Crippen LogP contribution in [0.15, 0.2) is 0 Å². The second-order valence-electron chi connectivity index (χ2n) is 6.46. The molecule has 3 atom stereocenters. The predicted molar refractivity (Wildman–Crippen MR) is 78.9 cm³/mol. The van der Waals surface area contributed by atoms with Crippen molar-refractivity contribution in [3.63, 3.8) is 0 Å². The van der Waals surface area contributed by atoms with Crippen molar-refractivity contribution in [2.75, 3.05) is 26.7 Å². The molecule has 0 amide bonds. The summed E-state index contributed by atoms with van der Waals surface area (Å²) < 4.78 is 0. The quantitative estimate of drug-likeness (QED) is 0.826. The van der Waals surface area contributed by atoms with Crippen molar-refractivity contribution in [1.82, 2.24) is 10.2 Å². The number of nitrogens with one attached hydrogen (secondary N) is 1. The molecule has 106 valence electrons. The number of hydrogen-bond donors (Lipinski definition) is 1. The lowest BCUT2D eigenvalue weighted by Crippen LogP contribution is -2.44. The topological polar surface area (TPSA) is 15.3 Å². The molecule has 2 nitrogen and oxygen atoms in total. The molecule has 2 heteroatoms. The zero-order chi connectivity index (χ0) is 12.8. The van der Waals surface area contributed by atoms with Gasteiger partial charge in [-0.3, -0.25) is 0 Å². The molecule has 1 saturated carbocycles. The van der Waals surface area contributed by atoms with Gasteiger partial charge in [0.25, 0.3) is 0 Å². The Balaban J connectivity index is 1.86. The molecular formula is C16H32N2. The fraction of sp³-hybridized carbons (Fsp3) is 1.00. The van der Waals surface area contributed by atoms with Crippen LogP contribution < -0.4 is 5.32 Å². The van der Waals surface area contributed by atoms with Crippen LogP contribution in [0.5, 0.6) is 0 Å². The van der Waals surface area contributed by atoms with Gasteiger partial charge in [-0.15, -0.1) is 0 Å². The largest absolute Gasteiger partial charge is 0.317 e. The summed E-state index contributed by atoms with van der Waals surface area (Å²) in [6.45, 7) is 6.42. The lowest BCUT2D eigenvalue weighted by Gasteiger charge is -2.38. The summed E-state index contributed by atoms with van der Waals surface area (Å²) in [6.07, 6.45) is 11.4. The van der Waals surface area contributed by atoms with Crippen LogP contribution in [0.4, 0.5) is 0 Å². The highest BCUT2D eigenvalue weighted by Gasteiger charge is 2.30. The van der Waals surface area contributed by atoms with E-state index in [1.54, 1.807) is 0 Å². The third kappa shape index (κ3) is 3.96. The highest BCUT2D eigenvalue weighted by atomic mass is 15.1. The summed E-state index contributed by atoms with van der Waals surface area (Å²) in [7, 11) is 2.16. The van der Waals surface area contributed by atoms with Gasteiger partial charge in [-0.1, -0.05) is 26.2 Å².